The minimum atomic E-state index is -0.547. The lowest BCUT2D eigenvalue weighted by Gasteiger charge is -2.13. The number of benzene rings is 5. The van der Waals surface area contributed by atoms with Crippen LogP contribution in [-0.2, 0) is 0 Å². The number of phenols is 2. The Morgan fingerprint density at radius 1 is 0.583 bits per heavy atom. The summed E-state index contributed by atoms with van der Waals surface area (Å²) in [4.78, 5) is 24.9. The second kappa shape index (κ2) is 9.31. The lowest BCUT2D eigenvalue weighted by Crippen LogP contribution is -2.08. The van der Waals surface area contributed by atoms with Gasteiger partial charge in [-0.05, 0) is 95.7 Å². The molecule has 0 aliphatic rings. The summed E-state index contributed by atoms with van der Waals surface area (Å²) >= 11 is 0. The van der Waals surface area contributed by atoms with Gasteiger partial charge in [0.2, 0.25) is 0 Å². The largest absolute Gasteiger partial charge is 0.508 e. The molecule has 5 rings (SSSR count). The van der Waals surface area contributed by atoms with Crippen LogP contribution in [0.25, 0.3) is 21.5 Å². The molecule has 7 heteroatoms. The Kier molecular flexibility index (Phi) is 5.88. The first kappa shape index (κ1) is 22.7. The van der Waals surface area contributed by atoms with Crippen molar-refractivity contribution in [1.29, 1.82) is 0 Å². The standard InChI is InChI=1S/C29H20O7/c1-34-27-25-13-12-23(35-28(32)17-2-7-21(30)8-3-17)15-20(25)14-19-6-11-24(16-26(19)27)36-29(33)18-4-9-22(31)10-5-18/h2-16,30-31H,1H3. The highest BCUT2D eigenvalue weighted by molar-refractivity contribution is 6.06. The van der Waals surface area contributed by atoms with Crippen LogP contribution in [0, 0.1) is 0 Å². The van der Waals surface area contributed by atoms with Crippen molar-refractivity contribution in [1.82, 2.24) is 0 Å². The van der Waals surface area contributed by atoms with Crippen LogP contribution in [0.4, 0.5) is 0 Å². The molecule has 5 aromatic rings. The molecule has 5 aromatic carbocycles. The van der Waals surface area contributed by atoms with Crippen molar-refractivity contribution in [2.45, 2.75) is 0 Å². The first-order valence-electron chi connectivity index (χ1n) is 11.0. The van der Waals surface area contributed by atoms with Crippen molar-refractivity contribution < 1.29 is 34.0 Å². The number of carbonyl (C=O) groups is 2. The summed E-state index contributed by atoms with van der Waals surface area (Å²) in [6, 6.07) is 24.0. The van der Waals surface area contributed by atoms with E-state index >= 15 is 0 Å². The van der Waals surface area contributed by atoms with E-state index in [2.05, 4.69) is 0 Å². The van der Waals surface area contributed by atoms with Gasteiger partial charge in [0, 0.05) is 10.8 Å². The number of methoxy groups -OCH3 is 1. The Morgan fingerprint density at radius 3 is 1.67 bits per heavy atom. The van der Waals surface area contributed by atoms with Gasteiger partial charge in [-0.2, -0.15) is 0 Å². The molecule has 0 saturated heterocycles. The average molecular weight is 480 g/mol. The Bertz CT molecular complexity index is 1600. The summed E-state index contributed by atoms with van der Waals surface area (Å²) in [5.74, 6) is 0.332. The SMILES string of the molecule is COc1c2ccc(OC(=O)c3ccc(O)cc3)cc2cc2ccc(OC(=O)c3ccc(O)cc3)cc12. The normalized spacial score (nSPS) is 10.8. The van der Waals surface area contributed by atoms with E-state index in [1.807, 2.05) is 12.1 Å². The van der Waals surface area contributed by atoms with Crippen LogP contribution in [0.1, 0.15) is 20.7 Å². The number of hydrogen-bond donors (Lipinski definition) is 2. The number of rotatable bonds is 5. The molecule has 7 nitrogen and oxygen atoms in total. The van der Waals surface area contributed by atoms with E-state index in [1.54, 1.807) is 37.4 Å². The van der Waals surface area contributed by atoms with Crippen LogP contribution in [0.15, 0.2) is 91.0 Å². The fourth-order valence-electron chi connectivity index (χ4n) is 3.91. The molecule has 0 atom stereocenters. The van der Waals surface area contributed by atoms with Gasteiger partial charge in [0.05, 0.1) is 18.2 Å². The first-order valence-corrected chi connectivity index (χ1v) is 11.0. The molecule has 0 aliphatic carbocycles. The number of fused-ring (bicyclic) bond motifs is 2. The Labute approximate surface area is 205 Å². The predicted octanol–water partition coefficient (Wildman–Crippen LogP) is 5.85. The summed E-state index contributed by atoms with van der Waals surface area (Å²) < 4.78 is 16.7. The van der Waals surface area contributed by atoms with Gasteiger partial charge in [-0.15, -0.1) is 0 Å². The van der Waals surface area contributed by atoms with Gasteiger partial charge in [-0.3, -0.25) is 0 Å². The van der Waals surface area contributed by atoms with Crippen LogP contribution in [0.3, 0.4) is 0 Å². The van der Waals surface area contributed by atoms with Gasteiger partial charge in [0.1, 0.15) is 28.7 Å². The molecule has 36 heavy (non-hydrogen) atoms. The van der Waals surface area contributed by atoms with Gasteiger partial charge in [-0.1, -0.05) is 6.07 Å². The number of carbonyl (C=O) groups excluding carboxylic acids is 2. The van der Waals surface area contributed by atoms with Crippen molar-refractivity contribution >= 4 is 33.5 Å². The minimum absolute atomic E-state index is 0.0622. The maximum atomic E-state index is 12.5. The summed E-state index contributed by atoms with van der Waals surface area (Å²) in [6.45, 7) is 0. The highest BCUT2D eigenvalue weighted by Gasteiger charge is 2.15. The number of phenolic OH excluding ortho intramolecular Hbond substituents is 2. The van der Waals surface area contributed by atoms with Gasteiger partial charge in [0.25, 0.3) is 0 Å². The van der Waals surface area contributed by atoms with E-state index in [0.717, 1.165) is 21.5 Å². The van der Waals surface area contributed by atoms with Crippen molar-refractivity contribution in [3.05, 3.63) is 102 Å². The maximum Gasteiger partial charge on any atom is 0.343 e. The zero-order chi connectivity index (χ0) is 25.2. The van der Waals surface area contributed by atoms with Gasteiger partial charge in [-0.25, -0.2) is 9.59 Å². The summed E-state index contributed by atoms with van der Waals surface area (Å²) in [6.07, 6.45) is 0. The lowest BCUT2D eigenvalue weighted by molar-refractivity contribution is 0.0725. The second-order valence-corrected chi connectivity index (χ2v) is 8.05. The highest BCUT2D eigenvalue weighted by atomic mass is 16.5. The van der Waals surface area contributed by atoms with Crippen LogP contribution in [0.5, 0.6) is 28.7 Å². The van der Waals surface area contributed by atoms with E-state index in [0.29, 0.717) is 28.4 Å². The number of hydrogen-bond acceptors (Lipinski definition) is 7. The fourth-order valence-corrected chi connectivity index (χ4v) is 3.91. The minimum Gasteiger partial charge on any atom is -0.508 e. The molecular formula is C29H20O7. The molecule has 0 aromatic heterocycles. The van der Waals surface area contributed by atoms with E-state index < -0.39 is 11.9 Å². The van der Waals surface area contributed by atoms with Gasteiger partial charge < -0.3 is 24.4 Å². The highest BCUT2D eigenvalue weighted by Crippen LogP contribution is 2.38. The number of esters is 2. The van der Waals surface area contributed by atoms with Crippen LogP contribution in [-0.4, -0.2) is 29.3 Å². The molecule has 0 spiro atoms. The molecule has 0 fully saturated rings. The maximum absolute atomic E-state index is 12.5. The molecule has 178 valence electrons. The summed E-state index contributed by atoms with van der Waals surface area (Å²) in [5.41, 5.74) is 0.631. The van der Waals surface area contributed by atoms with E-state index in [1.165, 1.54) is 48.5 Å². The smallest absolute Gasteiger partial charge is 0.343 e. The van der Waals surface area contributed by atoms with Crippen molar-refractivity contribution in [3.8, 4) is 28.7 Å². The fraction of sp³-hybridized carbons (Fsp3) is 0.0345. The second-order valence-electron chi connectivity index (χ2n) is 8.05. The molecule has 0 saturated carbocycles. The predicted molar refractivity (Wildman–Crippen MR) is 134 cm³/mol. The first-order chi connectivity index (χ1) is 17.4. The van der Waals surface area contributed by atoms with E-state index in [-0.39, 0.29) is 11.5 Å². The zero-order valence-corrected chi connectivity index (χ0v) is 19.1. The molecule has 0 unspecified atom stereocenters. The van der Waals surface area contributed by atoms with Crippen molar-refractivity contribution in [2.24, 2.45) is 0 Å². The van der Waals surface area contributed by atoms with Crippen molar-refractivity contribution in [2.75, 3.05) is 7.11 Å². The van der Waals surface area contributed by atoms with Gasteiger partial charge >= 0.3 is 11.9 Å². The zero-order valence-electron chi connectivity index (χ0n) is 19.1. The topological polar surface area (TPSA) is 102 Å². The van der Waals surface area contributed by atoms with E-state index in [9.17, 15) is 19.8 Å². The van der Waals surface area contributed by atoms with Crippen LogP contribution in [0.2, 0.25) is 0 Å². The third kappa shape index (κ3) is 4.50. The molecular weight excluding hydrogens is 460 g/mol. The number of ether oxygens (including phenoxy) is 3. The third-order valence-corrected chi connectivity index (χ3v) is 5.68. The summed E-state index contributed by atoms with van der Waals surface area (Å²) in [7, 11) is 1.56. The van der Waals surface area contributed by atoms with Gasteiger partial charge in [0.15, 0.2) is 0 Å². The van der Waals surface area contributed by atoms with Crippen LogP contribution >= 0.6 is 0 Å². The molecule has 0 amide bonds. The summed E-state index contributed by atoms with van der Waals surface area (Å²) in [5, 5.41) is 22.0. The Balaban J connectivity index is 1.46. The lowest BCUT2D eigenvalue weighted by atomic mass is 10.0. The quantitative estimate of drug-likeness (QED) is 0.185. The Hall–Kier alpha value is -5.04. The number of aromatic hydroxyl groups is 2. The van der Waals surface area contributed by atoms with Crippen molar-refractivity contribution in [3.63, 3.8) is 0 Å². The average Bonchev–Trinajstić information content (AvgIpc) is 2.88. The van der Waals surface area contributed by atoms with Crippen LogP contribution < -0.4 is 14.2 Å². The molecule has 0 heterocycles. The molecule has 0 aliphatic heterocycles. The molecule has 2 N–H and O–H groups in total. The Morgan fingerprint density at radius 2 is 1.11 bits per heavy atom. The molecule has 0 radical (unpaired) electrons. The van der Waals surface area contributed by atoms with E-state index in [4.69, 9.17) is 14.2 Å². The monoisotopic (exact) mass is 480 g/mol. The third-order valence-electron chi connectivity index (χ3n) is 5.68. The molecule has 0 bridgehead atoms.